The number of hydrogen-bond donors (Lipinski definition) is 1. The van der Waals surface area contributed by atoms with Crippen LogP contribution in [0.4, 0.5) is 0 Å². The summed E-state index contributed by atoms with van der Waals surface area (Å²) in [4.78, 5) is 0. The van der Waals surface area contributed by atoms with Crippen LogP contribution in [0.5, 0.6) is 0 Å². The summed E-state index contributed by atoms with van der Waals surface area (Å²) in [6.07, 6.45) is 4.02. The van der Waals surface area contributed by atoms with Crippen molar-refractivity contribution in [1.82, 2.24) is 5.32 Å². The van der Waals surface area contributed by atoms with E-state index in [0.717, 1.165) is 12.1 Å². The van der Waals surface area contributed by atoms with Crippen LogP contribution in [0.15, 0.2) is 24.3 Å². The monoisotopic (exact) mass is 155 g/mol. The molecule has 0 bridgehead atoms. The van der Waals surface area contributed by atoms with Gasteiger partial charge < -0.3 is 10.1 Å². The first-order valence-corrected chi connectivity index (χ1v) is 3.75. The van der Waals surface area contributed by atoms with Crippen LogP contribution in [0, 0.1) is 0 Å². The molecule has 0 aliphatic heterocycles. The average molecular weight is 155 g/mol. The first kappa shape index (κ1) is 10.4. The molecule has 0 aromatic rings. The van der Waals surface area contributed by atoms with Gasteiger partial charge in [0.15, 0.2) is 0 Å². The maximum atomic E-state index is 5.19. The minimum absolute atomic E-state index is 0.0937. The van der Waals surface area contributed by atoms with Gasteiger partial charge in [0.1, 0.15) is 0 Å². The summed E-state index contributed by atoms with van der Waals surface area (Å²) in [6.45, 7) is 6.66. The lowest BCUT2D eigenvalue weighted by Gasteiger charge is -2.14. The number of allylic oxidation sites excluding steroid dienone is 1. The summed E-state index contributed by atoms with van der Waals surface area (Å²) in [5, 5.41) is 3.04. The van der Waals surface area contributed by atoms with Crippen molar-refractivity contribution in [2.45, 2.75) is 13.0 Å². The largest absolute Gasteiger partial charge is 0.375 e. The molecule has 0 radical (unpaired) electrons. The van der Waals surface area contributed by atoms with Crippen molar-refractivity contribution in [2.24, 2.45) is 0 Å². The van der Waals surface area contributed by atoms with Crippen LogP contribution in [-0.4, -0.2) is 26.8 Å². The summed E-state index contributed by atoms with van der Waals surface area (Å²) in [6, 6.07) is 0. The van der Waals surface area contributed by atoms with E-state index in [9.17, 15) is 0 Å². The highest BCUT2D eigenvalue weighted by molar-refractivity contribution is 5.19. The minimum Gasteiger partial charge on any atom is -0.375 e. The van der Waals surface area contributed by atoms with Crippen molar-refractivity contribution in [3.8, 4) is 0 Å². The second-order valence-electron chi connectivity index (χ2n) is 2.36. The number of hydrogen-bond acceptors (Lipinski definition) is 2. The highest BCUT2D eigenvalue weighted by Gasteiger charge is 2.06. The molecule has 64 valence electrons. The molecule has 0 spiro atoms. The van der Waals surface area contributed by atoms with E-state index in [1.165, 1.54) is 0 Å². The lowest BCUT2D eigenvalue weighted by atomic mass is 10.1. The fraction of sp³-hybridized carbons (Fsp3) is 0.556. The van der Waals surface area contributed by atoms with Gasteiger partial charge in [0.2, 0.25) is 0 Å². The third-order valence-corrected chi connectivity index (χ3v) is 1.47. The first-order chi connectivity index (χ1) is 5.26. The van der Waals surface area contributed by atoms with E-state index < -0.39 is 0 Å². The van der Waals surface area contributed by atoms with Crippen molar-refractivity contribution in [3.63, 3.8) is 0 Å². The van der Waals surface area contributed by atoms with E-state index in [1.54, 1.807) is 7.11 Å². The fourth-order valence-electron chi connectivity index (χ4n) is 0.873. The maximum Gasteiger partial charge on any atom is 0.0939 e. The van der Waals surface area contributed by atoms with Gasteiger partial charge in [-0.1, -0.05) is 18.7 Å². The molecule has 1 atom stereocenters. The van der Waals surface area contributed by atoms with Gasteiger partial charge in [-0.3, -0.25) is 0 Å². The molecule has 0 aromatic heterocycles. The van der Waals surface area contributed by atoms with E-state index in [0.29, 0.717) is 0 Å². The van der Waals surface area contributed by atoms with Gasteiger partial charge in [-0.25, -0.2) is 0 Å². The Hall–Kier alpha value is -0.600. The highest BCUT2D eigenvalue weighted by Crippen LogP contribution is 2.03. The molecule has 2 nitrogen and oxygen atoms in total. The molecule has 1 N–H and O–H groups in total. The number of nitrogens with one attached hydrogen (secondary N) is 1. The summed E-state index contributed by atoms with van der Waals surface area (Å²) in [7, 11) is 3.59. The Kier molecular flexibility index (Phi) is 5.80. The van der Waals surface area contributed by atoms with Crippen LogP contribution < -0.4 is 5.32 Å². The second kappa shape index (κ2) is 6.13. The van der Waals surface area contributed by atoms with Gasteiger partial charge in [-0.15, -0.1) is 0 Å². The molecule has 0 aliphatic carbocycles. The number of ether oxygens (including phenoxy) is 1. The SMILES string of the molecule is C=C(/C=C\C)[C@H](CNC)OC. The Morgan fingerprint density at radius 2 is 2.36 bits per heavy atom. The standard InChI is InChI=1S/C9H17NO/c1-5-6-8(2)9(11-4)7-10-3/h5-6,9-10H,2,7H2,1,3-4H3/b6-5-/t9-/m0/s1. The average Bonchev–Trinajstić information content (AvgIpc) is 2.00. The Bertz CT molecular complexity index is 140. The summed E-state index contributed by atoms with van der Waals surface area (Å²) in [5.41, 5.74) is 1.00. The minimum atomic E-state index is 0.0937. The number of likely N-dealkylation sites (N-methyl/N-ethyl adjacent to an activating group) is 1. The van der Waals surface area contributed by atoms with E-state index in [2.05, 4.69) is 11.9 Å². The van der Waals surface area contributed by atoms with E-state index >= 15 is 0 Å². The van der Waals surface area contributed by atoms with Gasteiger partial charge in [-0.05, 0) is 19.5 Å². The number of rotatable bonds is 5. The second-order valence-corrected chi connectivity index (χ2v) is 2.36. The molecule has 0 aliphatic rings. The molecule has 0 saturated carbocycles. The Morgan fingerprint density at radius 3 is 2.73 bits per heavy atom. The van der Waals surface area contributed by atoms with Crippen molar-refractivity contribution < 1.29 is 4.74 Å². The smallest absolute Gasteiger partial charge is 0.0939 e. The zero-order valence-electron chi connectivity index (χ0n) is 7.55. The molecular weight excluding hydrogens is 138 g/mol. The normalized spacial score (nSPS) is 13.7. The van der Waals surface area contributed by atoms with Crippen LogP contribution >= 0.6 is 0 Å². The van der Waals surface area contributed by atoms with Crippen molar-refractivity contribution in [1.29, 1.82) is 0 Å². The van der Waals surface area contributed by atoms with Crippen LogP contribution in [0.1, 0.15) is 6.92 Å². The van der Waals surface area contributed by atoms with Crippen molar-refractivity contribution >= 4 is 0 Å². The molecule has 11 heavy (non-hydrogen) atoms. The first-order valence-electron chi connectivity index (χ1n) is 3.75. The van der Waals surface area contributed by atoms with Crippen molar-refractivity contribution in [3.05, 3.63) is 24.3 Å². The molecule has 0 heterocycles. The van der Waals surface area contributed by atoms with Gasteiger partial charge in [0.25, 0.3) is 0 Å². The molecule has 0 rings (SSSR count). The lowest BCUT2D eigenvalue weighted by molar-refractivity contribution is 0.135. The lowest BCUT2D eigenvalue weighted by Crippen LogP contribution is -2.26. The summed E-state index contributed by atoms with van der Waals surface area (Å²) < 4.78 is 5.19. The van der Waals surface area contributed by atoms with Crippen LogP contribution in [-0.2, 0) is 4.74 Å². The molecule has 2 heteroatoms. The molecule has 0 amide bonds. The Morgan fingerprint density at radius 1 is 1.73 bits per heavy atom. The van der Waals surface area contributed by atoms with Gasteiger partial charge in [0.05, 0.1) is 6.10 Å². The Balaban J connectivity index is 3.91. The summed E-state index contributed by atoms with van der Waals surface area (Å²) >= 11 is 0. The quantitative estimate of drug-likeness (QED) is 0.605. The molecule has 0 saturated heterocycles. The maximum absolute atomic E-state index is 5.19. The molecule has 0 fully saturated rings. The van der Waals surface area contributed by atoms with Gasteiger partial charge >= 0.3 is 0 Å². The third kappa shape index (κ3) is 3.96. The van der Waals surface area contributed by atoms with Crippen LogP contribution in [0.2, 0.25) is 0 Å². The van der Waals surface area contributed by atoms with Gasteiger partial charge in [-0.2, -0.15) is 0 Å². The predicted molar refractivity (Wildman–Crippen MR) is 48.7 cm³/mol. The van der Waals surface area contributed by atoms with Crippen LogP contribution in [0.3, 0.4) is 0 Å². The highest BCUT2D eigenvalue weighted by atomic mass is 16.5. The van der Waals surface area contributed by atoms with E-state index in [4.69, 9.17) is 4.74 Å². The van der Waals surface area contributed by atoms with Crippen molar-refractivity contribution in [2.75, 3.05) is 20.7 Å². The Labute approximate surface area is 68.9 Å². The van der Waals surface area contributed by atoms with E-state index in [-0.39, 0.29) is 6.10 Å². The predicted octanol–water partition coefficient (Wildman–Crippen LogP) is 1.35. The molecule has 0 aromatic carbocycles. The zero-order valence-corrected chi connectivity index (χ0v) is 7.55. The third-order valence-electron chi connectivity index (χ3n) is 1.47. The molecular formula is C9H17NO. The van der Waals surface area contributed by atoms with E-state index in [1.807, 2.05) is 26.1 Å². The fourth-order valence-corrected chi connectivity index (χ4v) is 0.873. The zero-order chi connectivity index (χ0) is 8.69. The number of methoxy groups -OCH3 is 1. The van der Waals surface area contributed by atoms with Gasteiger partial charge in [0, 0.05) is 13.7 Å². The van der Waals surface area contributed by atoms with Crippen LogP contribution in [0.25, 0.3) is 0 Å². The topological polar surface area (TPSA) is 21.3 Å². The molecule has 0 unspecified atom stereocenters. The summed E-state index contributed by atoms with van der Waals surface area (Å²) in [5.74, 6) is 0.